The zero-order valence-corrected chi connectivity index (χ0v) is 10.7. The van der Waals surface area contributed by atoms with Gasteiger partial charge in [0.05, 0.1) is 0 Å². The Balaban J connectivity index is 1.83. The zero-order valence-electron chi connectivity index (χ0n) is 10.7. The van der Waals surface area contributed by atoms with Gasteiger partial charge in [0.25, 0.3) is 0 Å². The summed E-state index contributed by atoms with van der Waals surface area (Å²) in [6.07, 6.45) is 10.6. The van der Waals surface area contributed by atoms with E-state index in [1.807, 2.05) is 0 Å². The Labute approximate surface area is 99.9 Å². The molecule has 0 bridgehead atoms. The molecule has 0 radical (unpaired) electrons. The Morgan fingerprint density at radius 1 is 1.19 bits per heavy atom. The summed E-state index contributed by atoms with van der Waals surface area (Å²) in [5.41, 5.74) is 6.90. The van der Waals surface area contributed by atoms with Crippen LogP contribution in [0.2, 0.25) is 0 Å². The molecule has 0 aromatic rings. The summed E-state index contributed by atoms with van der Waals surface area (Å²) in [6, 6.07) is 0.413. The van der Waals surface area contributed by atoms with Gasteiger partial charge in [-0.1, -0.05) is 26.2 Å². The van der Waals surface area contributed by atoms with Crippen LogP contribution in [0, 0.1) is 11.3 Å². The van der Waals surface area contributed by atoms with Crippen molar-refractivity contribution >= 4 is 0 Å². The lowest BCUT2D eigenvalue weighted by atomic mass is 9.68. The van der Waals surface area contributed by atoms with Gasteiger partial charge in [-0.3, -0.25) is 0 Å². The van der Waals surface area contributed by atoms with Gasteiger partial charge in [-0.05, 0) is 43.4 Å². The van der Waals surface area contributed by atoms with Crippen molar-refractivity contribution in [3.63, 3.8) is 0 Å². The smallest absolute Gasteiger partial charge is 0.0468 e. The summed E-state index contributed by atoms with van der Waals surface area (Å²) >= 11 is 0. The van der Waals surface area contributed by atoms with Crippen LogP contribution in [0.5, 0.6) is 0 Å². The Kier molecular flexibility index (Phi) is 4.26. The van der Waals surface area contributed by atoms with Gasteiger partial charge < -0.3 is 10.5 Å². The molecule has 94 valence electrons. The molecule has 0 amide bonds. The van der Waals surface area contributed by atoms with Gasteiger partial charge in [-0.2, -0.15) is 0 Å². The van der Waals surface area contributed by atoms with Crippen LogP contribution in [0.4, 0.5) is 0 Å². The van der Waals surface area contributed by atoms with E-state index in [0.717, 1.165) is 19.1 Å². The fourth-order valence-electron chi connectivity index (χ4n) is 3.36. The third kappa shape index (κ3) is 2.98. The second-order valence-corrected chi connectivity index (χ2v) is 6.11. The first kappa shape index (κ1) is 12.4. The Morgan fingerprint density at radius 3 is 2.44 bits per heavy atom. The second kappa shape index (κ2) is 5.50. The molecule has 0 aromatic heterocycles. The summed E-state index contributed by atoms with van der Waals surface area (Å²) < 4.78 is 5.41. The Morgan fingerprint density at radius 2 is 1.81 bits per heavy atom. The highest BCUT2D eigenvalue weighted by atomic mass is 16.5. The Hall–Kier alpha value is -0.0800. The molecular weight excluding hydrogens is 198 g/mol. The first-order valence-corrected chi connectivity index (χ1v) is 7.04. The van der Waals surface area contributed by atoms with Crippen molar-refractivity contribution < 1.29 is 4.74 Å². The van der Waals surface area contributed by atoms with Crippen molar-refractivity contribution in [2.75, 3.05) is 13.2 Å². The normalized spacial score (nSPS) is 28.9. The van der Waals surface area contributed by atoms with E-state index in [9.17, 15) is 0 Å². The minimum Gasteiger partial charge on any atom is -0.381 e. The molecule has 2 heteroatoms. The van der Waals surface area contributed by atoms with Crippen LogP contribution >= 0.6 is 0 Å². The predicted molar refractivity (Wildman–Crippen MR) is 67.3 cm³/mol. The first-order chi connectivity index (χ1) is 7.71. The van der Waals surface area contributed by atoms with Gasteiger partial charge in [-0.25, -0.2) is 0 Å². The number of rotatable bonds is 3. The van der Waals surface area contributed by atoms with E-state index in [2.05, 4.69) is 6.92 Å². The average molecular weight is 225 g/mol. The predicted octanol–water partition coefficient (Wildman–Crippen LogP) is 3.10. The maximum Gasteiger partial charge on any atom is 0.0468 e. The van der Waals surface area contributed by atoms with Crippen molar-refractivity contribution in [3.05, 3.63) is 0 Å². The van der Waals surface area contributed by atoms with Gasteiger partial charge in [0.1, 0.15) is 0 Å². The number of nitrogens with two attached hydrogens (primary N) is 1. The number of hydrogen-bond acceptors (Lipinski definition) is 2. The van der Waals surface area contributed by atoms with Gasteiger partial charge in [0.2, 0.25) is 0 Å². The van der Waals surface area contributed by atoms with E-state index in [4.69, 9.17) is 10.5 Å². The summed E-state index contributed by atoms with van der Waals surface area (Å²) in [6.45, 7) is 4.32. The highest BCUT2D eigenvalue weighted by molar-refractivity contribution is 4.89. The summed E-state index contributed by atoms with van der Waals surface area (Å²) in [7, 11) is 0. The van der Waals surface area contributed by atoms with Crippen molar-refractivity contribution in [2.24, 2.45) is 17.1 Å². The number of ether oxygens (including phenoxy) is 1. The SMILES string of the molecule is CC1(C(N)CC2CCOCC2)CCCCC1. The van der Waals surface area contributed by atoms with E-state index in [-0.39, 0.29) is 0 Å². The van der Waals surface area contributed by atoms with Crippen molar-refractivity contribution in [3.8, 4) is 0 Å². The van der Waals surface area contributed by atoms with Crippen molar-refractivity contribution in [2.45, 2.75) is 64.3 Å². The largest absolute Gasteiger partial charge is 0.381 e. The molecular formula is C14H27NO. The highest BCUT2D eigenvalue weighted by Gasteiger charge is 2.34. The highest BCUT2D eigenvalue weighted by Crippen LogP contribution is 2.40. The molecule has 1 heterocycles. The lowest BCUT2D eigenvalue weighted by Crippen LogP contribution is -2.42. The summed E-state index contributed by atoms with van der Waals surface area (Å²) in [5, 5.41) is 0. The molecule has 1 aliphatic carbocycles. The van der Waals surface area contributed by atoms with Crippen molar-refractivity contribution in [1.82, 2.24) is 0 Å². The lowest BCUT2D eigenvalue weighted by Gasteiger charge is -2.40. The van der Waals surface area contributed by atoms with Crippen LogP contribution in [0.1, 0.15) is 58.3 Å². The molecule has 1 saturated heterocycles. The maximum absolute atomic E-state index is 6.47. The van der Waals surface area contributed by atoms with Crippen LogP contribution in [0.3, 0.4) is 0 Å². The minimum absolute atomic E-state index is 0.413. The van der Waals surface area contributed by atoms with Gasteiger partial charge in [0, 0.05) is 19.3 Å². The van der Waals surface area contributed by atoms with E-state index >= 15 is 0 Å². The van der Waals surface area contributed by atoms with Gasteiger partial charge >= 0.3 is 0 Å². The van der Waals surface area contributed by atoms with Crippen LogP contribution in [-0.2, 0) is 4.74 Å². The fourth-order valence-corrected chi connectivity index (χ4v) is 3.36. The van der Waals surface area contributed by atoms with E-state index in [1.165, 1.54) is 51.4 Å². The quantitative estimate of drug-likeness (QED) is 0.801. The molecule has 2 N–H and O–H groups in total. The second-order valence-electron chi connectivity index (χ2n) is 6.11. The molecule has 0 aromatic carbocycles. The molecule has 2 aliphatic rings. The third-order valence-electron chi connectivity index (χ3n) is 4.82. The standard InChI is InChI=1S/C14H27NO/c1-14(7-3-2-4-8-14)13(15)11-12-5-9-16-10-6-12/h12-13H,2-11,15H2,1H3. The van der Waals surface area contributed by atoms with Crippen LogP contribution in [0.25, 0.3) is 0 Å². The van der Waals surface area contributed by atoms with Crippen LogP contribution < -0.4 is 5.73 Å². The molecule has 2 rings (SSSR count). The molecule has 16 heavy (non-hydrogen) atoms. The molecule has 1 aliphatic heterocycles. The summed E-state index contributed by atoms with van der Waals surface area (Å²) in [5.74, 6) is 0.822. The van der Waals surface area contributed by atoms with Crippen LogP contribution in [-0.4, -0.2) is 19.3 Å². The maximum atomic E-state index is 6.47. The minimum atomic E-state index is 0.413. The van der Waals surface area contributed by atoms with Crippen LogP contribution in [0.15, 0.2) is 0 Å². The van der Waals surface area contributed by atoms with Gasteiger partial charge in [-0.15, -0.1) is 0 Å². The molecule has 2 fully saturated rings. The third-order valence-corrected chi connectivity index (χ3v) is 4.82. The van der Waals surface area contributed by atoms with Gasteiger partial charge in [0.15, 0.2) is 0 Å². The molecule has 1 atom stereocenters. The number of hydrogen-bond donors (Lipinski definition) is 1. The lowest BCUT2D eigenvalue weighted by molar-refractivity contribution is 0.0515. The van der Waals surface area contributed by atoms with E-state index in [1.54, 1.807) is 0 Å². The topological polar surface area (TPSA) is 35.2 Å². The monoisotopic (exact) mass is 225 g/mol. The molecule has 0 spiro atoms. The molecule has 1 unspecified atom stereocenters. The molecule has 1 saturated carbocycles. The Bertz CT molecular complexity index is 205. The average Bonchev–Trinajstić information content (AvgIpc) is 2.31. The fraction of sp³-hybridized carbons (Fsp3) is 1.00. The van der Waals surface area contributed by atoms with E-state index in [0.29, 0.717) is 11.5 Å². The molecule has 2 nitrogen and oxygen atoms in total. The first-order valence-electron chi connectivity index (χ1n) is 7.04. The van der Waals surface area contributed by atoms with Crippen molar-refractivity contribution in [1.29, 1.82) is 0 Å². The van der Waals surface area contributed by atoms with E-state index < -0.39 is 0 Å². The zero-order chi connectivity index (χ0) is 11.4. The summed E-state index contributed by atoms with van der Waals surface area (Å²) in [4.78, 5) is 0.